The highest BCUT2D eigenvalue weighted by Gasteiger charge is 2.21. The summed E-state index contributed by atoms with van der Waals surface area (Å²) in [5.74, 6) is 0.494. The summed E-state index contributed by atoms with van der Waals surface area (Å²) in [6.45, 7) is 1.96. The number of aromatic nitrogens is 2. The monoisotopic (exact) mass is 296 g/mol. The Morgan fingerprint density at radius 3 is 2.85 bits per heavy atom. The Morgan fingerprint density at radius 1 is 1.45 bits per heavy atom. The van der Waals surface area contributed by atoms with Crippen molar-refractivity contribution in [3.63, 3.8) is 0 Å². The van der Waals surface area contributed by atoms with Crippen molar-refractivity contribution in [1.82, 2.24) is 15.1 Å². The van der Waals surface area contributed by atoms with E-state index in [1.807, 2.05) is 0 Å². The van der Waals surface area contributed by atoms with E-state index in [1.165, 1.54) is 17.2 Å². The topological polar surface area (TPSA) is 86.1 Å². The summed E-state index contributed by atoms with van der Waals surface area (Å²) in [4.78, 5) is 12.2. The molecule has 7 heteroatoms. The Balaban J connectivity index is 0.00000147. The molecule has 1 aliphatic heterocycles. The number of nitrogens with two attached hydrogens (primary N) is 1. The van der Waals surface area contributed by atoms with Crippen LogP contribution in [0.5, 0.6) is 0 Å². The third kappa shape index (κ3) is 2.71. The minimum atomic E-state index is -0.258. The van der Waals surface area contributed by atoms with E-state index in [2.05, 4.69) is 10.4 Å². The second-order valence-corrected chi connectivity index (χ2v) is 4.75. The van der Waals surface area contributed by atoms with Gasteiger partial charge in [-0.3, -0.25) is 4.79 Å². The van der Waals surface area contributed by atoms with Gasteiger partial charge in [0.25, 0.3) is 5.91 Å². The lowest BCUT2D eigenvalue weighted by Crippen LogP contribution is -2.27. The summed E-state index contributed by atoms with van der Waals surface area (Å²) in [6.07, 6.45) is 4.90. The van der Waals surface area contributed by atoms with Crippen LogP contribution in [0.1, 0.15) is 34.8 Å². The van der Waals surface area contributed by atoms with Gasteiger partial charge in [-0.25, -0.2) is 0 Å². The number of hydrogen-bond acceptors (Lipinski definition) is 5. The van der Waals surface area contributed by atoms with Crippen molar-refractivity contribution in [1.29, 1.82) is 0 Å². The molecule has 3 rings (SSSR count). The third-order valence-corrected chi connectivity index (χ3v) is 3.47. The van der Waals surface area contributed by atoms with Gasteiger partial charge >= 0.3 is 0 Å². The van der Waals surface area contributed by atoms with E-state index >= 15 is 0 Å². The lowest BCUT2D eigenvalue weighted by molar-refractivity contribution is 0.0946. The molecule has 3 N–H and O–H groups in total. The Kier molecular flexibility index (Phi) is 4.46. The van der Waals surface area contributed by atoms with Crippen LogP contribution in [0.15, 0.2) is 29.1 Å². The number of nitrogens with zero attached hydrogens (tertiary/aromatic N) is 2. The minimum absolute atomic E-state index is 0. The first-order valence-corrected chi connectivity index (χ1v) is 6.39. The first kappa shape index (κ1) is 14.6. The number of carbonyl (C=O) groups excluding carboxylic acids is 1. The van der Waals surface area contributed by atoms with Crippen LogP contribution < -0.4 is 11.1 Å². The second-order valence-electron chi connectivity index (χ2n) is 4.75. The minimum Gasteiger partial charge on any atom is -0.472 e. The van der Waals surface area contributed by atoms with Gasteiger partial charge in [-0.05, 0) is 32.0 Å². The first-order chi connectivity index (χ1) is 9.25. The molecule has 0 spiro atoms. The molecule has 0 saturated carbocycles. The SMILES string of the molecule is Cl.Nc1cc(C2CCNCC2)nn1C(=O)c1ccoc1. The molecule has 1 saturated heterocycles. The molecule has 1 aliphatic rings. The lowest BCUT2D eigenvalue weighted by Gasteiger charge is -2.20. The Bertz CT molecular complexity index is 573. The molecule has 0 radical (unpaired) electrons. The van der Waals surface area contributed by atoms with Crippen LogP contribution in [-0.4, -0.2) is 28.8 Å². The molecule has 0 aliphatic carbocycles. The number of halogens is 1. The molecule has 0 bridgehead atoms. The van der Waals surface area contributed by atoms with Crippen molar-refractivity contribution in [3.8, 4) is 0 Å². The van der Waals surface area contributed by atoms with Crippen LogP contribution in [0, 0.1) is 0 Å². The number of carbonyl (C=O) groups is 1. The van der Waals surface area contributed by atoms with Gasteiger partial charge in [0.1, 0.15) is 12.1 Å². The predicted octanol–water partition coefficient (Wildman–Crippen LogP) is 1.64. The summed E-state index contributed by atoms with van der Waals surface area (Å²) >= 11 is 0. The fourth-order valence-corrected chi connectivity index (χ4v) is 2.40. The Hall–Kier alpha value is -1.79. The summed E-state index contributed by atoms with van der Waals surface area (Å²) in [6, 6.07) is 3.40. The molecule has 0 aromatic carbocycles. The summed E-state index contributed by atoms with van der Waals surface area (Å²) < 4.78 is 6.16. The maximum atomic E-state index is 12.2. The van der Waals surface area contributed by atoms with Crippen LogP contribution in [0.3, 0.4) is 0 Å². The molecule has 0 unspecified atom stereocenters. The van der Waals surface area contributed by atoms with Gasteiger partial charge in [0.2, 0.25) is 0 Å². The Morgan fingerprint density at radius 2 is 2.20 bits per heavy atom. The summed E-state index contributed by atoms with van der Waals surface area (Å²) in [5, 5.41) is 7.67. The van der Waals surface area contributed by atoms with E-state index in [-0.39, 0.29) is 18.3 Å². The van der Waals surface area contributed by atoms with Gasteiger partial charge < -0.3 is 15.5 Å². The van der Waals surface area contributed by atoms with Gasteiger partial charge in [-0.2, -0.15) is 9.78 Å². The van der Waals surface area contributed by atoms with Gasteiger partial charge in [0.15, 0.2) is 0 Å². The van der Waals surface area contributed by atoms with Gasteiger partial charge in [-0.15, -0.1) is 12.4 Å². The van der Waals surface area contributed by atoms with Gasteiger partial charge in [0.05, 0.1) is 17.5 Å². The molecule has 2 aromatic heterocycles. The quantitative estimate of drug-likeness (QED) is 0.880. The standard InChI is InChI=1S/C13H16N4O2.ClH/c14-12-7-11(9-1-4-15-5-2-9)16-17(12)13(18)10-3-6-19-8-10;/h3,6-9,15H,1-2,4-5,14H2;1H. The highest BCUT2D eigenvalue weighted by molar-refractivity contribution is 5.96. The largest absolute Gasteiger partial charge is 0.472 e. The zero-order valence-electron chi connectivity index (χ0n) is 10.9. The van der Waals surface area contributed by atoms with E-state index in [0.29, 0.717) is 17.3 Å². The number of nitrogens with one attached hydrogen (secondary N) is 1. The van der Waals surface area contributed by atoms with E-state index in [9.17, 15) is 4.79 Å². The van der Waals surface area contributed by atoms with Gasteiger partial charge in [0, 0.05) is 12.0 Å². The number of hydrogen-bond donors (Lipinski definition) is 2. The van der Waals surface area contributed by atoms with Crippen LogP contribution >= 0.6 is 12.4 Å². The maximum Gasteiger partial charge on any atom is 0.283 e. The lowest BCUT2D eigenvalue weighted by atomic mass is 9.95. The fourth-order valence-electron chi connectivity index (χ4n) is 2.40. The molecule has 6 nitrogen and oxygen atoms in total. The highest BCUT2D eigenvalue weighted by Crippen LogP contribution is 2.25. The van der Waals surface area contributed by atoms with E-state index in [1.54, 1.807) is 12.1 Å². The molecule has 0 amide bonds. The van der Waals surface area contributed by atoms with Crippen molar-refractivity contribution in [2.45, 2.75) is 18.8 Å². The average Bonchev–Trinajstić information content (AvgIpc) is 3.08. The molecule has 3 heterocycles. The number of furan rings is 1. The molecular weight excluding hydrogens is 280 g/mol. The number of anilines is 1. The third-order valence-electron chi connectivity index (χ3n) is 3.47. The number of rotatable bonds is 2. The molecular formula is C13H17ClN4O2. The molecule has 2 aromatic rings. The van der Waals surface area contributed by atoms with Crippen molar-refractivity contribution >= 4 is 24.1 Å². The van der Waals surface area contributed by atoms with Crippen molar-refractivity contribution in [3.05, 3.63) is 35.9 Å². The van der Waals surface area contributed by atoms with Crippen LogP contribution in [0.2, 0.25) is 0 Å². The van der Waals surface area contributed by atoms with Crippen molar-refractivity contribution in [2.24, 2.45) is 0 Å². The fraction of sp³-hybridized carbons (Fsp3) is 0.385. The van der Waals surface area contributed by atoms with Crippen LogP contribution in [0.4, 0.5) is 5.82 Å². The molecule has 0 atom stereocenters. The highest BCUT2D eigenvalue weighted by atomic mass is 35.5. The maximum absolute atomic E-state index is 12.2. The first-order valence-electron chi connectivity index (χ1n) is 6.39. The normalized spacial score (nSPS) is 15.8. The summed E-state index contributed by atoms with van der Waals surface area (Å²) in [5.41, 5.74) is 7.24. The number of nitrogen functional groups attached to an aromatic ring is 1. The predicted molar refractivity (Wildman–Crippen MR) is 77.2 cm³/mol. The van der Waals surface area contributed by atoms with Crippen molar-refractivity contribution < 1.29 is 9.21 Å². The van der Waals surface area contributed by atoms with E-state index < -0.39 is 0 Å². The number of piperidine rings is 1. The molecule has 1 fully saturated rings. The molecule has 108 valence electrons. The summed E-state index contributed by atoms with van der Waals surface area (Å²) in [7, 11) is 0. The van der Waals surface area contributed by atoms with Crippen LogP contribution in [-0.2, 0) is 0 Å². The molecule has 20 heavy (non-hydrogen) atoms. The average molecular weight is 297 g/mol. The van der Waals surface area contributed by atoms with E-state index in [4.69, 9.17) is 10.2 Å². The zero-order chi connectivity index (χ0) is 13.2. The van der Waals surface area contributed by atoms with Crippen molar-refractivity contribution in [2.75, 3.05) is 18.8 Å². The zero-order valence-corrected chi connectivity index (χ0v) is 11.7. The van der Waals surface area contributed by atoms with E-state index in [0.717, 1.165) is 31.6 Å². The smallest absolute Gasteiger partial charge is 0.283 e. The van der Waals surface area contributed by atoms with Crippen LogP contribution in [0.25, 0.3) is 0 Å². The second kappa shape index (κ2) is 6.11. The van der Waals surface area contributed by atoms with Gasteiger partial charge in [-0.1, -0.05) is 0 Å². The Labute approximate surface area is 122 Å².